The first-order valence-electron chi connectivity index (χ1n) is 6.21. The molecular weight excluding hydrogens is 247 g/mol. The quantitative estimate of drug-likeness (QED) is 0.889. The van der Waals surface area contributed by atoms with Crippen molar-refractivity contribution in [2.24, 2.45) is 5.92 Å². The number of nitrogens with one attached hydrogen (secondary N) is 1. The molecule has 3 rings (SSSR count). The Bertz CT molecular complexity index is 660. The highest BCUT2D eigenvalue weighted by Gasteiger charge is 2.23. The summed E-state index contributed by atoms with van der Waals surface area (Å²) >= 11 is 0. The topological polar surface area (TPSA) is 66.0 Å². The standard InChI is InChI=1S/C14H13FN2O2/c15-10-5-3-9(4-6-10)12-13(18)16-11(17-14(12)19)7-8-1-2-8/h3-6,8H,1-2,7H2,(H2,16,17,18,19). The van der Waals surface area contributed by atoms with Crippen LogP contribution in [0.15, 0.2) is 29.1 Å². The molecule has 98 valence electrons. The van der Waals surface area contributed by atoms with Crippen molar-refractivity contribution in [1.82, 2.24) is 9.97 Å². The molecular formula is C14H13FN2O2. The Kier molecular flexibility index (Phi) is 2.81. The van der Waals surface area contributed by atoms with E-state index in [0.717, 1.165) is 12.8 Å². The van der Waals surface area contributed by atoms with E-state index in [1.54, 1.807) is 0 Å². The summed E-state index contributed by atoms with van der Waals surface area (Å²) in [6.45, 7) is 0. The summed E-state index contributed by atoms with van der Waals surface area (Å²) in [4.78, 5) is 18.7. The van der Waals surface area contributed by atoms with E-state index in [1.807, 2.05) is 0 Å². The Morgan fingerprint density at radius 3 is 2.58 bits per heavy atom. The van der Waals surface area contributed by atoms with Gasteiger partial charge >= 0.3 is 0 Å². The lowest BCUT2D eigenvalue weighted by Gasteiger charge is -2.05. The molecule has 1 aliphatic carbocycles. The second kappa shape index (κ2) is 4.50. The van der Waals surface area contributed by atoms with Crippen LogP contribution in [0.1, 0.15) is 18.7 Å². The van der Waals surface area contributed by atoms with Gasteiger partial charge in [-0.25, -0.2) is 4.39 Å². The number of halogens is 1. The molecule has 1 aromatic heterocycles. The van der Waals surface area contributed by atoms with Gasteiger partial charge in [-0.3, -0.25) is 4.79 Å². The van der Waals surface area contributed by atoms with Gasteiger partial charge in [0.2, 0.25) is 5.88 Å². The van der Waals surface area contributed by atoms with Crippen molar-refractivity contribution in [3.63, 3.8) is 0 Å². The summed E-state index contributed by atoms with van der Waals surface area (Å²) in [7, 11) is 0. The summed E-state index contributed by atoms with van der Waals surface area (Å²) < 4.78 is 12.9. The number of rotatable bonds is 3. The van der Waals surface area contributed by atoms with Crippen LogP contribution >= 0.6 is 0 Å². The number of H-pyrrole nitrogens is 1. The van der Waals surface area contributed by atoms with Gasteiger partial charge in [0.15, 0.2) is 0 Å². The maximum atomic E-state index is 12.9. The van der Waals surface area contributed by atoms with Gasteiger partial charge in [-0.05, 0) is 36.5 Å². The Balaban J connectivity index is 2.01. The molecule has 0 amide bonds. The Morgan fingerprint density at radius 1 is 1.32 bits per heavy atom. The first-order valence-corrected chi connectivity index (χ1v) is 6.21. The van der Waals surface area contributed by atoms with Crippen LogP contribution < -0.4 is 5.56 Å². The second-order valence-corrected chi connectivity index (χ2v) is 4.87. The lowest BCUT2D eigenvalue weighted by atomic mass is 10.1. The third kappa shape index (κ3) is 2.50. The summed E-state index contributed by atoms with van der Waals surface area (Å²) in [5, 5.41) is 9.90. The number of aromatic nitrogens is 2. The van der Waals surface area contributed by atoms with Gasteiger partial charge in [-0.1, -0.05) is 12.1 Å². The van der Waals surface area contributed by atoms with Crippen molar-refractivity contribution in [1.29, 1.82) is 0 Å². The zero-order valence-electron chi connectivity index (χ0n) is 10.2. The van der Waals surface area contributed by atoms with Crippen LogP contribution in [0.25, 0.3) is 11.1 Å². The van der Waals surface area contributed by atoms with Crippen LogP contribution in [0.4, 0.5) is 4.39 Å². The van der Waals surface area contributed by atoms with Crippen molar-refractivity contribution in [3.05, 3.63) is 46.3 Å². The number of benzene rings is 1. The molecule has 5 heteroatoms. The average Bonchev–Trinajstić information content (AvgIpc) is 3.14. The van der Waals surface area contributed by atoms with E-state index < -0.39 is 11.4 Å². The lowest BCUT2D eigenvalue weighted by Crippen LogP contribution is -2.14. The van der Waals surface area contributed by atoms with E-state index in [1.165, 1.54) is 24.3 Å². The fraction of sp³-hybridized carbons (Fsp3) is 0.286. The number of aromatic hydroxyl groups is 1. The minimum atomic E-state index is -0.394. The van der Waals surface area contributed by atoms with Gasteiger partial charge in [0, 0.05) is 6.42 Å². The second-order valence-electron chi connectivity index (χ2n) is 4.87. The first kappa shape index (κ1) is 11.9. The Morgan fingerprint density at radius 2 is 2.00 bits per heavy atom. The molecule has 0 aliphatic heterocycles. The van der Waals surface area contributed by atoms with E-state index in [9.17, 15) is 14.3 Å². The smallest absolute Gasteiger partial charge is 0.262 e. The van der Waals surface area contributed by atoms with Gasteiger partial charge in [-0.2, -0.15) is 4.98 Å². The fourth-order valence-electron chi connectivity index (χ4n) is 2.08. The third-order valence-electron chi connectivity index (χ3n) is 3.26. The molecule has 0 radical (unpaired) electrons. The largest absolute Gasteiger partial charge is 0.493 e. The highest BCUT2D eigenvalue weighted by molar-refractivity contribution is 5.67. The summed E-state index contributed by atoms with van der Waals surface area (Å²) in [5.74, 6) is 0.388. The van der Waals surface area contributed by atoms with E-state index >= 15 is 0 Å². The Labute approximate surface area is 109 Å². The SMILES string of the molecule is O=c1[nH]c(CC2CC2)nc(O)c1-c1ccc(F)cc1. The minimum Gasteiger partial charge on any atom is -0.493 e. The molecule has 1 aliphatic rings. The number of aromatic amines is 1. The number of hydrogen-bond donors (Lipinski definition) is 2. The molecule has 0 saturated heterocycles. The van der Waals surface area contributed by atoms with Crippen molar-refractivity contribution in [3.8, 4) is 17.0 Å². The molecule has 1 fully saturated rings. The van der Waals surface area contributed by atoms with E-state index in [4.69, 9.17) is 0 Å². The normalized spacial score (nSPS) is 14.6. The summed E-state index contributed by atoms with van der Waals surface area (Å²) in [6.07, 6.45) is 2.97. The van der Waals surface area contributed by atoms with Crippen LogP contribution in [0.2, 0.25) is 0 Å². The molecule has 0 spiro atoms. The van der Waals surface area contributed by atoms with E-state index in [2.05, 4.69) is 9.97 Å². The maximum absolute atomic E-state index is 12.9. The zero-order valence-corrected chi connectivity index (χ0v) is 10.2. The summed E-state index contributed by atoms with van der Waals surface area (Å²) in [5.41, 5.74) is 0.139. The van der Waals surface area contributed by atoms with Crippen molar-refractivity contribution < 1.29 is 9.50 Å². The fourth-order valence-corrected chi connectivity index (χ4v) is 2.08. The molecule has 4 nitrogen and oxygen atoms in total. The highest BCUT2D eigenvalue weighted by atomic mass is 19.1. The van der Waals surface area contributed by atoms with Crippen molar-refractivity contribution in [2.75, 3.05) is 0 Å². The van der Waals surface area contributed by atoms with Gasteiger partial charge in [0.05, 0.1) is 0 Å². The number of hydrogen-bond acceptors (Lipinski definition) is 3. The predicted octanol–water partition coefficient (Wildman–Crippen LogP) is 2.23. The van der Waals surface area contributed by atoms with Crippen LogP contribution in [0.3, 0.4) is 0 Å². The van der Waals surface area contributed by atoms with Crippen LogP contribution in [-0.2, 0) is 6.42 Å². The molecule has 1 heterocycles. The van der Waals surface area contributed by atoms with Gasteiger partial charge in [0.1, 0.15) is 17.2 Å². The predicted molar refractivity (Wildman–Crippen MR) is 68.3 cm³/mol. The summed E-state index contributed by atoms with van der Waals surface area (Å²) in [6, 6.07) is 5.38. The Hall–Kier alpha value is -2.17. The van der Waals surface area contributed by atoms with Crippen LogP contribution in [0, 0.1) is 11.7 Å². The van der Waals surface area contributed by atoms with Gasteiger partial charge in [0.25, 0.3) is 5.56 Å². The van der Waals surface area contributed by atoms with Gasteiger partial charge < -0.3 is 10.1 Å². The molecule has 1 aromatic carbocycles. The lowest BCUT2D eigenvalue weighted by molar-refractivity contribution is 0.449. The zero-order chi connectivity index (χ0) is 13.4. The van der Waals surface area contributed by atoms with E-state index in [-0.39, 0.29) is 11.4 Å². The minimum absolute atomic E-state index is 0.0829. The highest BCUT2D eigenvalue weighted by Crippen LogP contribution is 2.32. The monoisotopic (exact) mass is 260 g/mol. The molecule has 19 heavy (non-hydrogen) atoms. The van der Waals surface area contributed by atoms with Crippen LogP contribution in [0.5, 0.6) is 5.88 Å². The van der Waals surface area contributed by atoms with E-state index in [0.29, 0.717) is 23.7 Å². The molecule has 1 saturated carbocycles. The molecule has 0 bridgehead atoms. The first-order chi connectivity index (χ1) is 9.13. The molecule has 0 atom stereocenters. The third-order valence-corrected chi connectivity index (χ3v) is 3.26. The molecule has 2 N–H and O–H groups in total. The van der Waals surface area contributed by atoms with Gasteiger partial charge in [-0.15, -0.1) is 0 Å². The van der Waals surface area contributed by atoms with Crippen molar-refractivity contribution >= 4 is 0 Å². The average molecular weight is 260 g/mol. The van der Waals surface area contributed by atoms with Crippen molar-refractivity contribution in [2.45, 2.75) is 19.3 Å². The molecule has 0 unspecified atom stereocenters. The van der Waals surface area contributed by atoms with Crippen LogP contribution in [-0.4, -0.2) is 15.1 Å². The number of nitrogens with zero attached hydrogens (tertiary/aromatic N) is 1. The molecule has 2 aromatic rings. The maximum Gasteiger partial charge on any atom is 0.262 e.